The minimum Gasteiger partial charge on any atom is -0.495 e. The summed E-state index contributed by atoms with van der Waals surface area (Å²) in [4.78, 5) is 12.1. The first-order valence-electron chi connectivity index (χ1n) is 6.46. The Kier molecular flexibility index (Phi) is 4.08. The van der Waals surface area contributed by atoms with Crippen LogP contribution in [-0.4, -0.2) is 20.0 Å². The summed E-state index contributed by atoms with van der Waals surface area (Å²) in [5, 5.41) is 1.82. The zero-order valence-corrected chi connectivity index (χ0v) is 12.2. The Morgan fingerprint density at radius 3 is 2.05 bits per heavy atom. The van der Waals surface area contributed by atoms with Crippen molar-refractivity contribution in [1.29, 1.82) is 0 Å². The molecule has 0 spiro atoms. The lowest BCUT2D eigenvalue weighted by Crippen LogP contribution is -2.04. The molecule has 0 saturated heterocycles. The topological polar surface area (TPSA) is 35.5 Å². The van der Waals surface area contributed by atoms with Gasteiger partial charge >= 0.3 is 0 Å². The van der Waals surface area contributed by atoms with E-state index in [9.17, 15) is 4.79 Å². The Morgan fingerprint density at radius 2 is 1.60 bits per heavy atom. The van der Waals surface area contributed by atoms with Crippen LogP contribution < -0.4 is 9.47 Å². The average molecular weight is 270 g/mol. The maximum atomic E-state index is 12.1. The van der Waals surface area contributed by atoms with Crippen LogP contribution in [-0.2, 0) is 0 Å². The number of fused-ring (bicyclic) bond motifs is 1. The van der Waals surface area contributed by atoms with Crippen molar-refractivity contribution in [2.24, 2.45) is 0 Å². The predicted molar refractivity (Wildman–Crippen MR) is 81.8 cm³/mol. The molecule has 104 valence electrons. The van der Waals surface area contributed by atoms with Gasteiger partial charge in [-0.15, -0.1) is 0 Å². The summed E-state index contributed by atoms with van der Waals surface area (Å²) in [5.74, 6) is 1.26. The predicted octanol–water partition coefficient (Wildman–Crippen LogP) is 4.09. The van der Waals surface area contributed by atoms with Crippen molar-refractivity contribution < 1.29 is 14.3 Å². The molecule has 0 aliphatic rings. The highest BCUT2D eigenvalue weighted by atomic mass is 16.5. The monoisotopic (exact) mass is 270 g/mol. The Morgan fingerprint density at radius 1 is 1.05 bits per heavy atom. The van der Waals surface area contributed by atoms with Gasteiger partial charge in [-0.3, -0.25) is 4.79 Å². The Hall–Kier alpha value is -2.29. The summed E-state index contributed by atoms with van der Waals surface area (Å²) in [7, 11) is 3.20. The number of rotatable bonds is 4. The Balaban J connectivity index is 3.05. The summed E-state index contributed by atoms with van der Waals surface area (Å²) < 4.78 is 11.0. The first-order chi connectivity index (χ1) is 9.65. The van der Waals surface area contributed by atoms with E-state index in [1.165, 1.54) is 0 Å². The van der Waals surface area contributed by atoms with Crippen molar-refractivity contribution in [2.45, 2.75) is 13.8 Å². The first kappa shape index (κ1) is 14.1. The maximum Gasteiger partial charge on any atom is 0.164 e. The van der Waals surface area contributed by atoms with Crippen LogP contribution in [0.15, 0.2) is 30.3 Å². The molecule has 0 aromatic heterocycles. The molecular weight excluding hydrogens is 252 g/mol. The van der Waals surface area contributed by atoms with Crippen molar-refractivity contribution in [2.75, 3.05) is 14.2 Å². The fraction of sp³-hybridized carbons (Fsp3) is 0.235. The average Bonchev–Trinajstić information content (AvgIpc) is 2.45. The molecule has 3 nitrogen and oxygen atoms in total. The third-order valence-corrected chi connectivity index (χ3v) is 3.25. The largest absolute Gasteiger partial charge is 0.495 e. The molecule has 0 fully saturated rings. The molecule has 0 amide bonds. The molecule has 0 heterocycles. The second-order valence-electron chi connectivity index (χ2n) is 4.46. The van der Waals surface area contributed by atoms with Crippen LogP contribution in [0.1, 0.15) is 29.8 Å². The second-order valence-corrected chi connectivity index (χ2v) is 4.46. The van der Waals surface area contributed by atoms with E-state index in [1.807, 2.05) is 43.3 Å². The molecule has 20 heavy (non-hydrogen) atoms. The summed E-state index contributed by atoms with van der Waals surface area (Å²) in [6.07, 6.45) is 3.77. The fourth-order valence-corrected chi connectivity index (χ4v) is 2.50. The number of allylic oxidation sites excluding steroid dienone is 1. The minimum atomic E-state index is -0.0426. The van der Waals surface area contributed by atoms with Crippen LogP contribution in [0.4, 0.5) is 0 Å². The molecule has 0 aliphatic heterocycles. The molecule has 2 rings (SSSR count). The van der Waals surface area contributed by atoms with Gasteiger partial charge in [-0.2, -0.15) is 0 Å². The molecule has 0 radical (unpaired) electrons. The van der Waals surface area contributed by atoms with Crippen molar-refractivity contribution in [3.05, 3.63) is 41.5 Å². The van der Waals surface area contributed by atoms with Crippen molar-refractivity contribution in [1.82, 2.24) is 0 Å². The van der Waals surface area contributed by atoms with Gasteiger partial charge in [0.1, 0.15) is 11.5 Å². The zero-order chi connectivity index (χ0) is 14.7. The molecule has 2 aromatic rings. The molecule has 0 bridgehead atoms. The van der Waals surface area contributed by atoms with Gasteiger partial charge in [0.05, 0.1) is 19.8 Å². The van der Waals surface area contributed by atoms with Gasteiger partial charge in [0, 0.05) is 16.3 Å². The zero-order valence-electron chi connectivity index (χ0n) is 12.2. The summed E-state index contributed by atoms with van der Waals surface area (Å²) in [6, 6.07) is 7.76. The minimum absolute atomic E-state index is 0.0426. The van der Waals surface area contributed by atoms with E-state index >= 15 is 0 Å². The lowest BCUT2D eigenvalue weighted by Gasteiger charge is -2.17. The highest BCUT2D eigenvalue weighted by molar-refractivity contribution is 6.10. The number of Topliss-reactive ketones (excluding diaryl/α,β-unsaturated/α-hetero) is 1. The van der Waals surface area contributed by atoms with E-state index in [0.717, 1.165) is 16.3 Å². The molecular formula is C17H18O3. The highest BCUT2D eigenvalue weighted by Crippen LogP contribution is 2.41. The second kappa shape index (κ2) is 5.78. The van der Waals surface area contributed by atoms with Crippen molar-refractivity contribution in [3.63, 3.8) is 0 Å². The van der Waals surface area contributed by atoms with Gasteiger partial charge in [-0.25, -0.2) is 0 Å². The highest BCUT2D eigenvalue weighted by Gasteiger charge is 2.21. The van der Waals surface area contributed by atoms with E-state index in [2.05, 4.69) is 0 Å². The number of hydrogen-bond acceptors (Lipinski definition) is 3. The van der Waals surface area contributed by atoms with Crippen LogP contribution in [0.25, 0.3) is 16.8 Å². The normalized spacial score (nSPS) is 11.0. The van der Waals surface area contributed by atoms with Crippen molar-refractivity contribution >= 4 is 22.6 Å². The van der Waals surface area contributed by atoms with Crippen LogP contribution in [0.2, 0.25) is 0 Å². The van der Waals surface area contributed by atoms with E-state index in [1.54, 1.807) is 21.1 Å². The third kappa shape index (κ3) is 2.16. The van der Waals surface area contributed by atoms with Gasteiger partial charge in [0.15, 0.2) is 5.78 Å². The van der Waals surface area contributed by atoms with Gasteiger partial charge in [0.25, 0.3) is 0 Å². The molecule has 2 aromatic carbocycles. The van der Waals surface area contributed by atoms with Gasteiger partial charge in [-0.1, -0.05) is 36.4 Å². The first-order valence-corrected chi connectivity index (χ1v) is 6.46. The molecule has 0 unspecified atom stereocenters. The number of hydrogen-bond donors (Lipinski definition) is 0. The van der Waals surface area contributed by atoms with Gasteiger partial charge in [-0.05, 0) is 13.8 Å². The third-order valence-electron chi connectivity index (χ3n) is 3.25. The fourth-order valence-electron chi connectivity index (χ4n) is 2.50. The Labute approximate surface area is 118 Å². The number of carbonyl (C=O) groups excluding carboxylic acids is 1. The molecule has 0 saturated carbocycles. The number of ether oxygens (including phenoxy) is 2. The SMILES string of the molecule is CC=Cc1c(C(C)=O)c(OC)c2ccccc2c1OC. The van der Waals surface area contributed by atoms with E-state index in [0.29, 0.717) is 17.1 Å². The number of methoxy groups -OCH3 is 2. The quantitative estimate of drug-likeness (QED) is 0.785. The molecule has 0 atom stereocenters. The summed E-state index contributed by atoms with van der Waals surface area (Å²) in [6.45, 7) is 3.45. The van der Waals surface area contributed by atoms with Crippen LogP contribution in [0, 0.1) is 0 Å². The van der Waals surface area contributed by atoms with E-state index in [4.69, 9.17) is 9.47 Å². The number of ketones is 1. The standard InChI is InChI=1S/C17H18O3/c1-5-8-14-15(11(2)18)17(20-4)13-10-7-6-9-12(13)16(14)19-3/h5-10H,1-4H3. The maximum absolute atomic E-state index is 12.1. The van der Waals surface area contributed by atoms with Gasteiger partial charge < -0.3 is 9.47 Å². The van der Waals surface area contributed by atoms with E-state index in [-0.39, 0.29) is 5.78 Å². The van der Waals surface area contributed by atoms with Gasteiger partial charge in [0.2, 0.25) is 0 Å². The smallest absolute Gasteiger partial charge is 0.164 e. The number of carbonyl (C=O) groups is 1. The lowest BCUT2D eigenvalue weighted by molar-refractivity contribution is 0.101. The van der Waals surface area contributed by atoms with E-state index < -0.39 is 0 Å². The van der Waals surface area contributed by atoms with Crippen molar-refractivity contribution in [3.8, 4) is 11.5 Å². The van der Waals surface area contributed by atoms with Crippen LogP contribution in [0.5, 0.6) is 11.5 Å². The summed E-state index contributed by atoms with van der Waals surface area (Å²) in [5.41, 5.74) is 1.32. The number of benzene rings is 2. The summed E-state index contributed by atoms with van der Waals surface area (Å²) >= 11 is 0. The molecule has 0 aliphatic carbocycles. The van der Waals surface area contributed by atoms with Crippen LogP contribution in [0.3, 0.4) is 0 Å². The Bertz CT molecular complexity index is 684. The van der Waals surface area contributed by atoms with Crippen LogP contribution >= 0.6 is 0 Å². The lowest BCUT2D eigenvalue weighted by atomic mass is 9.95. The molecule has 0 N–H and O–H groups in total. The molecule has 3 heteroatoms.